The van der Waals surface area contributed by atoms with E-state index in [9.17, 15) is 14.7 Å². The first-order valence-electron chi connectivity index (χ1n) is 5.94. The normalized spacial score (nSPS) is 21.1. The summed E-state index contributed by atoms with van der Waals surface area (Å²) in [4.78, 5) is 22.5. The molecule has 1 aromatic carbocycles. The van der Waals surface area contributed by atoms with Gasteiger partial charge in [-0.25, -0.2) is 0 Å². The highest BCUT2D eigenvalue weighted by Gasteiger charge is 2.55. The molecule has 0 spiro atoms. The SMILES string of the molecule is NC(c1ccc2c(c1)CC(=O)N2)C1(C(=O)O)CC1. The molecule has 2 aliphatic rings. The van der Waals surface area contributed by atoms with E-state index in [1.165, 1.54) is 0 Å². The minimum Gasteiger partial charge on any atom is -0.481 e. The summed E-state index contributed by atoms with van der Waals surface area (Å²) in [6.07, 6.45) is 1.59. The van der Waals surface area contributed by atoms with Crippen molar-refractivity contribution >= 4 is 17.6 Å². The van der Waals surface area contributed by atoms with Crippen LogP contribution in [-0.2, 0) is 16.0 Å². The van der Waals surface area contributed by atoms with E-state index in [1.54, 1.807) is 12.1 Å². The third-order valence-electron chi connectivity index (χ3n) is 3.92. The average molecular weight is 246 g/mol. The predicted octanol–water partition coefficient (Wildman–Crippen LogP) is 1.05. The first-order chi connectivity index (χ1) is 8.53. The minimum atomic E-state index is -0.829. The Labute approximate surface area is 104 Å². The number of rotatable bonds is 3. The van der Waals surface area contributed by atoms with Crippen molar-refractivity contribution in [1.29, 1.82) is 0 Å². The summed E-state index contributed by atoms with van der Waals surface area (Å²) in [7, 11) is 0. The zero-order valence-electron chi connectivity index (χ0n) is 9.77. The van der Waals surface area contributed by atoms with Crippen LogP contribution in [0.15, 0.2) is 18.2 Å². The Hall–Kier alpha value is -1.88. The van der Waals surface area contributed by atoms with Gasteiger partial charge in [0, 0.05) is 11.7 Å². The number of carbonyl (C=O) groups excluding carboxylic acids is 1. The smallest absolute Gasteiger partial charge is 0.311 e. The van der Waals surface area contributed by atoms with Gasteiger partial charge in [0.25, 0.3) is 0 Å². The Morgan fingerprint density at radius 2 is 2.17 bits per heavy atom. The molecule has 94 valence electrons. The molecule has 1 heterocycles. The van der Waals surface area contributed by atoms with E-state index in [4.69, 9.17) is 5.73 Å². The molecular weight excluding hydrogens is 232 g/mol. The molecule has 1 amide bonds. The lowest BCUT2D eigenvalue weighted by Crippen LogP contribution is -2.29. The van der Waals surface area contributed by atoms with Crippen molar-refractivity contribution in [2.75, 3.05) is 5.32 Å². The van der Waals surface area contributed by atoms with Crippen molar-refractivity contribution in [3.63, 3.8) is 0 Å². The van der Waals surface area contributed by atoms with E-state index >= 15 is 0 Å². The van der Waals surface area contributed by atoms with Crippen molar-refractivity contribution in [1.82, 2.24) is 0 Å². The highest BCUT2D eigenvalue weighted by molar-refractivity contribution is 5.99. The zero-order valence-corrected chi connectivity index (χ0v) is 9.77. The number of carbonyl (C=O) groups is 2. The highest BCUT2D eigenvalue weighted by atomic mass is 16.4. The Kier molecular flexibility index (Phi) is 2.22. The van der Waals surface area contributed by atoms with Gasteiger partial charge in [0.1, 0.15) is 0 Å². The molecule has 1 aliphatic carbocycles. The summed E-state index contributed by atoms with van der Waals surface area (Å²) < 4.78 is 0. The van der Waals surface area contributed by atoms with Gasteiger partial charge in [0.2, 0.25) is 5.91 Å². The molecule has 18 heavy (non-hydrogen) atoms. The largest absolute Gasteiger partial charge is 0.481 e. The summed E-state index contributed by atoms with van der Waals surface area (Å²) in [6, 6.07) is 4.95. The molecule has 1 aliphatic heterocycles. The van der Waals surface area contributed by atoms with Gasteiger partial charge in [-0.3, -0.25) is 9.59 Å². The van der Waals surface area contributed by atoms with Crippen LogP contribution in [0.3, 0.4) is 0 Å². The number of carboxylic acids is 1. The van der Waals surface area contributed by atoms with Crippen molar-refractivity contribution in [2.45, 2.75) is 25.3 Å². The Bertz CT molecular complexity index is 549. The first kappa shape index (κ1) is 11.2. The van der Waals surface area contributed by atoms with Crippen LogP contribution in [0.2, 0.25) is 0 Å². The quantitative estimate of drug-likeness (QED) is 0.743. The minimum absolute atomic E-state index is 0.0323. The number of hydrogen-bond donors (Lipinski definition) is 3. The predicted molar refractivity (Wildman–Crippen MR) is 65.0 cm³/mol. The monoisotopic (exact) mass is 246 g/mol. The third kappa shape index (κ3) is 1.51. The number of fused-ring (bicyclic) bond motifs is 1. The maximum atomic E-state index is 11.3. The molecule has 4 N–H and O–H groups in total. The molecule has 0 saturated heterocycles. The lowest BCUT2D eigenvalue weighted by Gasteiger charge is -2.20. The highest BCUT2D eigenvalue weighted by Crippen LogP contribution is 2.54. The molecular formula is C13H14N2O3. The second-order valence-corrected chi connectivity index (χ2v) is 5.08. The molecule has 1 fully saturated rings. The number of aliphatic carboxylic acids is 1. The second kappa shape index (κ2) is 3.55. The first-order valence-corrected chi connectivity index (χ1v) is 5.94. The van der Waals surface area contributed by atoms with Gasteiger partial charge in [-0.15, -0.1) is 0 Å². The van der Waals surface area contributed by atoms with E-state index in [-0.39, 0.29) is 5.91 Å². The zero-order chi connectivity index (χ0) is 12.9. The topological polar surface area (TPSA) is 92.4 Å². The van der Waals surface area contributed by atoms with E-state index in [0.717, 1.165) is 16.8 Å². The Balaban J connectivity index is 1.92. The van der Waals surface area contributed by atoms with Gasteiger partial charge in [0.05, 0.1) is 11.8 Å². The number of carboxylic acid groups (broad SMARTS) is 1. The number of nitrogens with two attached hydrogens (primary N) is 1. The lowest BCUT2D eigenvalue weighted by molar-refractivity contribution is -0.144. The molecule has 1 unspecified atom stereocenters. The summed E-state index contributed by atoms with van der Waals surface area (Å²) >= 11 is 0. The van der Waals surface area contributed by atoms with Crippen molar-refractivity contribution < 1.29 is 14.7 Å². The van der Waals surface area contributed by atoms with Gasteiger partial charge < -0.3 is 16.2 Å². The number of benzene rings is 1. The summed E-state index contributed by atoms with van der Waals surface area (Å²) in [5, 5.41) is 12.0. The third-order valence-corrected chi connectivity index (χ3v) is 3.92. The standard InChI is InChI=1S/C13H14N2O3/c14-11(13(3-4-13)12(17)18)7-1-2-9-8(5-7)6-10(16)15-9/h1-2,5,11H,3-4,6,14H2,(H,15,16)(H,17,18). The van der Waals surface area contributed by atoms with Crippen LogP contribution in [0.5, 0.6) is 0 Å². The molecule has 0 aromatic heterocycles. The molecule has 3 rings (SSSR count). The van der Waals surface area contributed by atoms with E-state index in [2.05, 4.69) is 5.32 Å². The molecule has 0 radical (unpaired) electrons. The molecule has 0 bridgehead atoms. The number of anilines is 1. The second-order valence-electron chi connectivity index (χ2n) is 5.08. The van der Waals surface area contributed by atoms with Crippen LogP contribution in [0.4, 0.5) is 5.69 Å². The molecule has 1 atom stereocenters. The average Bonchev–Trinajstić information content (AvgIpc) is 3.05. The number of nitrogens with one attached hydrogen (secondary N) is 1. The molecule has 5 heteroatoms. The van der Waals surface area contributed by atoms with Gasteiger partial charge in [0.15, 0.2) is 0 Å². The van der Waals surface area contributed by atoms with Crippen LogP contribution in [0.1, 0.15) is 30.0 Å². The van der Waals surface area contributed by atoms with Gasteiger partial charge in [-0.05, 0) is 30.0 Å². The van der Waals surface area contributed by atoms with Gasteiger partial charge in [-0.1, -0.05) is 12.1 Å². The maximum Gasteiger partial charge on any atom is 0.311 e. The number of hydrogen-bond acceptors (Lipinski definition) is 3. The Morgan fingerprint density at radius 3 is 2.78 bits per heavy atom. The van der Waals surface area contributed by atoms with Crippen molar-refractivity contribution in [3.05, 3.63) is 29.3 Å². The Morgan fingerprint density at radius 1 is 1.44 bits per heavy atom. The summed E-state index contributed by atoms with van der Waals surface area (Å²) in [6.45, 7) is 0. The van der Waals surface area contributed by atoms with Crippen LogP contribution in [0.25, 0.3) is 0 Å². The molecule has 1 saturated carbocycles. The lowest BCUT2D eigenvalue weighted by atomic mass is 9.90. The van der Waals surface area contributed by atoms with E-state index in [0.29, 0.717) is 19.3 Å². The van der Waals surface area contributed by atoms with Crippen LogP contribution in [0, 0.1) is 5.41 Å². The summed E-state index contributed by atoms with van der Waals surface area (Å²) in [5.41, 5.74) is 7.77. The molecule has 1 aromatic rings. The van der Waals surface area contributed by atoms with Crippen molar-refractivity contribution in [3.8, 4) is 0 Å². The van der Waals surface area contributed by atoms with Gasteiger partial charge >= 0.3 is 5.97 Å². The van der Waals surface area contributed by atoms with Crippen LogP contribution >= 0.6 is 0 Å². The van der Waals surface area contributed by atoms with Gasteiger partial charge in [-0.2, -0.15) is 0 Å². The fourth-order valence-electron chi connectivity index (χ4n) is 2.55. The number of amides is 1. The molecule has 5 nitrogen and oxygen atoms in total. The van der Waals surface area contributed by atoms with Crippen LogP contribution in [-0.4, -0.2) is 17.0 Å². The van der Waals surface area contributed by atoms with E-state index in [1.807, 2.05) is 6.07 Å². The maximum absolute atomic E-state index is 11.3. The fourth-order valence-corrected chi connectivity index (χ4v) is 2.55. The van der Waals surface area contributed by atoms with Crippen molar-refractivity contribution in [2.24, 2.45) is 11.1 Å². The van der Waals surface area contributed by atoms with Crippen LogP contribution < -0.4 is 11.1 Å². The fraction of sp³-hybridized carbons (Fsp3) is 0.385. The van der Waals surface area contributed by atoms with E-state index < -0.39 is 17.4 Å². The summed E-state index contributed by atoms with van der Waals surface area (Å²) in [5.74, 6) is -0.861.